The second-order valence-corrected chi connectivity index (χ2v) is 8.36. The second kappa shape index (κ2) is 7.83. The van der Waals surface area contributed by atoms with E-state index >= 15 is 0 Å². The minimum Gasteiger partial charge on any atom is -0.485 e. The molecule has 3 heteroatoms. The van der Waals surface area contributed by atoms with Crippen molar-refractivity contribution in [3.63, 3.8) is 0 Å². The van der Waals surface area contributed by atoms with Crippen molar-refractivity contribution in [3.8, 4) is 5.75 Å². The van der Waals surface area contributed by atoms with Gasteiger partial charge in [0.1, 0.15) is 17.4 Å². The maximum absolute atomic E-state index is 12.8. The van der Waals surface area contributed by atoms with Crippen molar-refractivity contribution < 1.29 is 9.15 Å². The molecule has 1 aliphatic rings. The Morgan fingerprint density at radius 1 is 1.32 bits per heavy atom. The third-order valence-electron chi connectivity index (χ3n) is 5.57. The summed E-state index contributed by atoms with van der Waals surface area (Å²) in [6, 6.07) is 5.73. The van der Waals surface area contributed by atoms with Crippen LogP contribution in [0.1, 0.15) is 58.1 Å². The zero-order valence-corrected chi connectivity index (χ0v) is 17.6. The highest BCUT2D eigenvalue weighted by molar-refractivity contribution is 5.88. The van der Waals surface area contributed by atoms with Crippen LogP contribution in [-0.4, -0.2) is 6.10 Å². The Labute approximate surface area is 167 Å². The van der Waals surface area contributed by atoms with Crippen LogP contribution in [0.25, 0.3) is 11.0 Å². The fourth-order valence-corrected chi connectivity index (χ4v) is 3.98. The van der Waals surface area contributed by atoms with Crippen molar-refractivity contribution in [2.24, 2.45) is 0 Å². The van der Waals surface area contributed by atoms with Gasteiger partial charge >= 0.3 is 5.63 Å². The minimum absolute atomic E-state index is 0.105. The summed E-state index contributed by atoms with van der Waals surface area (Å²) in [5.74, 6) is 0.649. The zero-order chi connectivity index (χ0) is 20.5. The summed E-state index contributed by atoms with van der Waals surface area (Å²) < 4.78 is 12.0. The largest absolute Gasteiger partial charge is 0.485 e. The predicted octanol–water partition coefficient (Wildman–Crippen LogP) is 6.39. The number of aryl methyl sites for hydroxylation is 1. The Hall–Kier alpha value is -2.55. The number of fused-ring (bicyclic) bond motifs is 3. The summed E-state index contributed by atoms with van der Waals surface area (Å²) in [7, 11) is 0. The molecule has 1 aromatic heterocycles. The van der Waals surface area contributed by atoms with Gasteiger partial charge in [-0.2, -0.15) is 0 Å². The van der Waals surface area contributed by atoms with E-state index in [9.17, 15) is 4.79 Å². The summed E-state index contributed by atoms with van der Waals surface area (Å²) in [5, 5.41) is 0.880. The Morgan fingerprint density at radius 3 is 2.75 bits per heavy atom. The number of hydrogen-bond donors (Lipinski definition) is 0. The highest BCUT2D eigenvalue weighted by atomic mass is 16.5. The lowest BCUT2D eigenvalue weighted by Gasteiger charge is -2.36. The molecule has 1 aliphatic heterocycles. The molecule has 0 spiro atoms. The van der Waals surface area contributed by atoms with Gasteiger partial charge in [0.15, 0.2) is 0 Å². The van der Waals surface area contributed by atoms with E-state index in [0.29, 0.717) is 23.3 Å². The molecule has 0 aliphatic carbocycles. The quantitative estimate of drug-likeness (QED) is 0.447. The fourth-order valence-electron chi connectivity index (χ4n) is 3.98. The first kappa shape index (κ1) is 20.2. The maximum Gasteiger partial charge on any atom is 0.344 e. The lowest BCUT2D eigenvalue weighted by molar-refractivity contribution is 0.181. The van der Waals surface area contributed by atoms with E-state index in [0.717, 1.165) is 23.8 Å². The first-order chi connectivity index (χ1) is 13.2. The predicted molar refractivity (Wildman–Crippen MR) is 116 cm³/mol. The van der Waals surface area contributed by atoms with Gasteiger partial charge in [-0.1, -0.05) is 42.4 Å². The van der Waals surface area contributed by atoms with E-state index in [2.05, 4.69) is 39.5 Å². The number of rotatable bonds is 5. The molecule has 0 saturated carbocycles. The van der Waals surface area contributed by atoms with Gasteiger partial charge < -0.3 is 9.15 Å². The van der Waals surface area contributed by atoms with Crippen molar-refractivity contribution in [3.05, 3.63) is 75.7 Å². The van der Waals surface area contributed by atoms with Crippen LogP contribution in [0.4, 0.5) is 0 Å². The Kier molecular flexibility index (Phi) is 5.64. The second-order valence-electron chi connectivity index (χ2n) is 8.36. The molecule has 0 bridgehead atoms. The van der Waals surface area contributed by atoms with E-state index in [1.165, 1.54) is 11.1 Å². The molecule has 0 unspecified atom stereocenters. The average Bonchev–Trinajstić information content (AvgIpc) is 2.60. The van der Waals surface area contributed by atoms with Crippen molar-refractivity contribution in [2.45, 2.75) is 65.4 Å². The van der Waals surface area contributed by atoms with Gasteiger partial charge in [0.25, 0.3) is 0 Å². The van der Waals surface area contributed by atoms with Crippen LogP contribution >= 0.6 is 0 Å². The first-order valence-corrected chi connectivity index (χ1v) is 9.93. The van der Waals surface area contributed by atoms with Gasteiger partial charge in [-0.15, -0.1) is 6.58 Å². The standard InChI is InChI=1S/C25H30O3/c1-7-25(6)15-19(14-17(4)11-8-10-16(2)3)27-23-21-18(5)12-9-13-20(21)28-24(26)22(23)25/h7,9-10,12-14,19H,1,8,11,15H2,2-6H3/b17-14+/t19-,25-/m0/s1. The normalized spacial score (nSPS) is 21.8. The van der Waals surface area contributed by atoms with Gasteiger partial charge in [0, 0.05) is 11.8 Å². The molecule has 3 nitrogen and oxygen atoms in total. The number of allylic oxidation sites excluding steroid dienone is 4. The number of ether oxygens (including phenoxy) is 1. The van der Waals surface area contributed by atoms with Crippen LogP contribution in [-0.2, 0) is 5.41 Å². The third-order valence-corrected chi connectivity index (χ3v) is 5.57. The van der Waals surface area contributed by atoms with Gasteiger partial charge in [0.05, 0.1) is 10.9 Å². The zero-order valence-electron chi connectivity index (χ0n) is 17.6. The molecule has 0 radical (unpaired) electrons. The van der Waals surface area contributed by atoms with Crippen LogP contribution in [0.2, 0.25) is 0 Å². The van der Waals surface area contributed by atoms with Crippen LogP contribution in [0.5, 0.6) is 5.75 Å². The molecular formula is C25H30O3. The van der Waals surface area contributed by atoms with Crippen molar-refractivity contribution in [2.75, 3.05) is 0 Å². The molecule has 2 aromatic rings. The Morgan fingerprint density at radius 2 is 2.07 bits per heavy atom. The van der Waals surface area contributed by atoms with Gasteiger partial charge in [0.2, 0.25) is 0 Å². The highest BCUT2D eigenvalue weighted by Crippen LogP contribution is 2.44. The van der Waals surface area contributed by atoms with Gasteiger partial charge in [-0.25, -0.2) is 4.79 Å². The molecule has 28 heavy (non-hydrogen) atoms. The van der Waals surface area contributed by atoms with Crippen molar-refractivity contribution in [1.29, 1.82) is 0 Å². The average molecular weight is 379 g/mol. The van der Waals surface area contributed by atoms with E-state index in [1.54, 1.807) is 0 Å². The molecule has 0 saturated heterocycles. The molecule has 3 rings (SSSR count). The molecule has 148 valence electrons. The van der Waals surface area contributed by atoms with E-state index in [-0.39, 0.29) is 11.7 Å². The summed E-state index contributed by atoms with van der Waals surface area (Å²) in [6.45, 7) is 14.5. The molecule has 0 amide bonds. The Bertz CT molecular complexity index is 1020. The van der Waals surface area contributed by atoms with Crippen LogP contribution in [0.3, 0.4) is 0 Å². The van der Waals surface area contributed by atoms with Crippen molar-refractivity contribution in [1.82, 2.24) is 0 Å². The summed E-state index contributed by atoms with van der Waals surface area (Å²) in [5.41, 5.74) is 3.99. The maximum atomic E-state index is 12.8. The molecule has 0 N–H and O–H groups in total. The molecule has 1 aromatic carbocycles. The van der Waals surface area contributed by atoms with Gasteiger partial charge in [-0.05, 0) is 58.2 Å². The number of hydrogen-bond acceptors (Lipinski definition) is 3. The topological polar surface area (TPSA) is 39.4 Å². The van der Waals surface area contributed by atoms with E-state index < -0.39 is 5.41 Å². The smallest absolute Gasteiger partial charge is 0.344 e. The van der Waals surface area contributed by atoms with Gasteiger partial charge in [-0.3, -0.25) is 0 Å². The summed E-state index contributed by atoms with van der Waals surface area (Å²) >= 11 is 0. The number of benzene rings is 1. The third kappa shape index (κ3) is 3.84. The first-order valence-electron chi connectivity index (χ1n) is 9.93. The molecular weight excluding hydrogens is 348 g/mol. The lowest BCUT2D eigenvalue weighted by atomic mass is 9.75. The monoisotopic (exact) mass is 378 g/mol. The van der Waals surface area contributed by atoms with Crippen LogP contribution < -0.4 is 10.4 Å². The molecule has 2 heterocycles. The Balaban J connectivity index is 2.07. The summed E-state index contributed by atoms with van der Waals surface area (Å²) in [6.07, 6.45) is 8.90. The minimum atomic E-state index is -0.494. The fraction of sp³-hybridized carbons (Fsp3) is 0.400. The summed E-state index contributed by atoms with van der Waals surface area (Å²) in [4.78, 5) is 12.8. The van der Waals surface area contributed by atoms with E-state index in [4.69, 9.17) is 9.15 Å². The van der Waals surface area contributed by atoms with E-state index in [1.807, 2.05) is 38.1 Å². The molecule has 0 fully saturated rings. The van der Waals surface area contributed by atoms with Crippen LogP contribution in [0, 0.1) is 6.92 Å². The van der Waals surface area contributed by atoms with Crippen LogP contribution in [0.15, 0.2) is 63.4 Å². The van der Waals surface area contributed by atoms with Crippen molar-refractivity contribution >= 4 is 11.0 Å². The SMILES string of the molecule is C=C[C@@]1(C)C[C@H](/C=C(\C)CCC=C(C)C)Oc2c1c(=O)oc1cccc(C)c21. The molecule has 2 atom stereocenters. The lowest BCUT2D eigenvalue weighted by Crippen LogP contribution is -2.38. The highest BCUT2D eigenvalue weighted by Gasteiger charge is 2.39.